The molecule has 18 rings (SSSR count). The number of rotatable bonds is 11. The summed E-state index contributed by atoms with van der Waals surface area (Å²) in [5, 5.41) is 6.86. The molecule has 4 heterocycles. The van der Waals surface area contributed by atoms with Crippen molar-refractivity contribution in [2.75, 3.05) is 0 Å². The molecule has 0 aliphatic rings. The summed E-state index contributed by atoms with van der Waals surface area (Å²) >= 11 is 0. The third-order valence-electron chi connectivity index (χ3n) is 23.9. The number of hydrogen-bond donors (Lipinski definition) is 0. The highest BCUT2D eigenvalue weighted by Gasteiger charge is 2.28. The first kappa shape index (κ1) is 72.1. The fraction of sp³-hybridized carbons (Fsp3) is 0.187. The molecule has 0 fully saturated rings. The van der Waals surface area contributed by atoms with Crippen LogP contribution in [-0.2, 0) is 10.8 Å². The van der Waals surface area contributed by atoms with Crippen LogP contribution in [0.3, 0.4) is 0 Å². The van der Waals surface area contributed by atoms with Crippen molar-refractivity contribution in [1.82, 2.24) is 28.7 Å². The van der Waals surface area contributed by atoms with Crippen LogP contribution in [0.15, 0.2) is 255 Å². The van der Waals surface area contributed by atoms with Gasteiger partial charge in [0.1, 0.15) is 0 Å². The van der Waals surface area contributed by atoms with Crippen molar-refractivity contribution in [2.45, 2.75) is 135 Å². The third kappa shape index (κ3) is 12.5. The highest BCUT2D eigenvalue weighted by Crippen LogP contribution is 2.47. The largest absolute Gasteiger partial charge is 0.309 e. The van der Waals surface area contributed by atoms with Crippen LogP contribution in [0.4, 0.5) is 0 Å². The molecule has 0 saturated carbocycles. The summed E-state index contributed by atoms with van der Waals surface area (Å²) in [5.41, 5.74) is 42.1. The van der Waals surface area contributed by atoms with Crippen molar-refractivity contribution in [3.63, 3.8) is 0 Å². The van der Waals surface area contributed by atoms with Crippen LogP contribution in [0.5, 0.6) is 0 Å². The minimum absolute atomic E-state index is 0.0115. The predicted molar refractivity (Wildman–Crippen MR) is 481 cm³/mol. The zero-order chi connectivity index (χ0) is 78.5. The summed E-state index contributed by atoms with van der Waals surface area (Å²) in [6.45, 7) is 40.4. The molecule has 0 amide bonds. The molecule has 554 valence electrons. The fourth-order valence-electron chi connectivity index (χ4n) is 19.1. The van der Waals surface area contributed by atoms with Crippen LogP contribution in [0.2, 0.25) is 0 Å². The molecule has 0 radical (unpaired) electrons. The van der Waals surface area contributed by atoms with Crippen molar-refractivity contribution in [2.24, 2.45) is 0 Å². The van der Waals surface area contributed by atoms with E-state index in [4.69, 9.17) is 15.0 Å². The van der Waals surface area contributed by atoms with Crippen molar-refractivity contribution in [3.05, 3.63) is 333 Å². The molecule has 0 saturated heterocycles. The lowest BCUT2D eigenvalue weighted by atomic mass is 9.86. The zero-order valence-electron chi connectivity index (χ0n) is 68.4. The van der Waals surface area contributed by atoms with Gasteiger partial charge < -0.3 is 9.13 Å². The topological polar surface area (TPSA) is 53.5 Å². The Balaban J connectivity index is 0.914. The van der Waals surface area contributed by atoms with Gasteiger partial charge in [0, 0.05) is 43.4 Å². The average Bonchev–Trinajstić information content (AvgIpc) is 1.58. The van der Waals surface area contributed by atoms with Crippen molar-refractivity contribution in [3.8, 4) is 107 Å². The Bertz CT molecular complexity index is 6250. The molecular weight excluding hydrogens is 1370 g/mol. The van der Waals surface area contributed by atoms with Gasteiger partial charge in [-0.15, -0.1) is 0 Å². The highest BCUT2D eigenvalue weighted by molar-refractivity contribution is 6.15. The van der Waals surface area contributed by atoms with Crippen molar-refractivity contribution < 1.29 is 0 Å². The van der Waals surface area contributed by atoms with Crippen LogP contribution in [-0.4, -0.2) is 28.7 Å². The van der Waals surface area contributed by atoms with Gasteiger partial charge >= 0.3 is 0 Å². The van der Waals surface area contributed by atoms with E-state index in [9.17, 15) is 0 Å². The molecule has 0 aliphatic heterocycles. The number of hydrogen-bond acceptors (Lipinski definition) is 3. The normalized spacial score (nSPS) is 12.2. The quantitative estimate of drug-likeness (QED) is 0.130. The molecule has 0 unspecified atom stereocenters. The number of benzene rings is 14. The molecule has 0 bridgehead atoms. The van der Waals surface area contributed by atoms with Gasteiger partial charge in [0.2, 0.25) is 5.95 Å². The Hall–Kier alpha value is -12.5. The van der Waals surface area contributed by atoms with Gasteiger partial charge in [0.15, 0.2) is 11.6 Å². The molecule has 0 N–H and O–H groups in total. The maximum absolute atomic E-state index is 5.92. The van der Waals surface area contributed by atoms with E-state index in [-0.39, 0.29) is 10.8 Å². The average molecular weight is 1470 g/mol. The Morgan fingerprint density at radius 2 is 0.451 bits per heavy atom. The van der Waals surface area contributed by atoms with Crippen LogP contribution in [0, 0.1) is 83.1 Å². The molecule has 0 atom stereocenters. The molecule has 4 aromatic heterocycles. The molecular formula is C107H96N6. The molecule has 6 nitrogen and oxygen atoms in total. The van der Waals surface area contributed by atoms with Gasteiger partial charge in [0.05, 0.1) is 44.5 Å². The number of aryl methyl sites for hydroxylation is 12. The number of para-hydroxylation sites is 2. The van der Waals surface area contributed by atoms with Gasteiger partial charge in [-0.2, -0.15) is 9.97 Å². The fourth-order valence-corrected chi connectivity index (χ4v) is 19.1. The standard InChI is InChI=1S/C107H96N6/c1-61-47-65(5)99(66(6)48-61)77-33-43-93-87(57-77)88-58-78(100-67(7)49-62(2)50-68(100)8)34-44-94(88)111(93)91-25-21-19-23-83(91)103-108-104(110-105(109-103)113-97-41-31-75(73-27-37-81(38-28-73)106(13,14)15)55-85(97)86-56-76(32-42-98(86)113)74-29-39-82(40-30-74)107(16,17)18)84-24-20-22-26-92(84)112-95-45-35-79(101-69(9)51-63(3)52-70(101)10)59-89(95)90-60-80(36-46-96(90)112)102-71(11)53-64(4)54-72(102)12/h19-60H,1-18H3. The Morgan fingerprint density at radius 1 is 0.221 bits per heavy atom. The van der Waals surface area contributed by atoms with E-state index in [0.717, 1.165) is 88.6 Å². The summed E-state index contributed by atoms with van der Waals surface area (Å²) in [7, 11) is 0. The van der Waals surface area contributed by atoms with E-state index in [1.165, 1.54) is 144 Å². The molecule has 113 heavy (non-hydrogen) atoms. The smallest absolute Gasteiger partial charge is 0.238 e. The summed E-state index contributed by atoms with van der Waals surface area (Å²) in [5.74, 6) is 1.59. The first-order chi connectivity index (χ1) is 54.2. The monoisotopic (exact) mass is 1460 g/mol. The molecule has 0 aliphatic carbocycles. The van der Waals surface area contributed by atoms with E-state index in [1.807, 2.05) is 0 Å². The highest BCUT2D eigenvalue weighted by atomic mass is 15.2. The van der Waals surface area contributed by atoms with Gasteiger partial charge in [-0.1, -0.05) is 222 Å². The van der Waals surface area contributed by atoms with E-state index in [2.05, 4.69) is 393 Å². The van der Waals surface area contributed by atoms with Gasteiger partial charge in [-0.3, -0.25) is 4.57 Å². The minimum atomic E-state index is 0.0115. The van der Waals surface area contributed by atoms with Crippen LogP contribution in [0.1, 0.15) is 119 Å². The number of fused-ring (bicyclic) bond motifs is 9. The minimum Gasteiger partial charge on any atom is -0.309 e. The summed E-state index contributed by atoms with van der Waals surface area (Å²) in [6.07, 6.45) is 0. The lowest BCUT2D eigenvalue weighted by Crippen LogP contribution is -2.10. The van der Waals surface area contributed by atoms with Crippen LogP contribution >= 0.6 is 0 Å². The second-order valence-corrected chi connectivity index (χ2v) is 34.5. The van der Waals surface area contributed by atoms with E-state index in [0.29, 0.717) is 17.6 Å². The second kappa shape index (κ2) is 27.2. The Kier molecular flexibility index (Phi) is 17.3. The summed E-state index contributed by atoms with van der Waals surface area (Å²) in [6, 6.07) is 96.5. The summed E-state index contributed by atoms with van der Waals surface area (Å²) in [4.78, 5) is 17.8. The lowest BCUT2D eigenvalue weighted by molar-refractivity contribution is 0.590. The molecule has 18 aromatic rings. The van der Waals surface area contributed by atoms with Gasteiger partial charge in [-0.25, -0.2) is 4.98 Å². The summed E-state index contributed by atoms with van der Waals surface area (Å²) < 4.78 is 7.21. The second-order valence-electron chi connectivity index (χ2n) is 34.5. The predicted octanol–water partition coefficient (Wildman–Crippen LogP) is 28.8. The van der Waals surface area contributed by atoms with E-state index >= 15 is 0 Å². The molecule has 6 heteroatoms. The maximum atomic E-state index is 5.92. The van der Waals surface area contributed by atoms with Crippen molar-refractivity contribution in [1.29, 1.82) is 0 Å². The first-order valence-corrected chi connectivity index (χ1v) is 39.9. The Morgan fingerprint density at radius 3 is 0.717 bits per heavy atom. The van der Waals surface area contributed by atoms with Crippen LogP contribution < -0.4 is 0 Å². The van der Waals surface area contributed by atoms with Crippen LogP contribution in [0.25, 0.3) is 172 Å². The van der Waals surface area contributed by atoms with E-state index < -0.39 is 0 Å². The Labute approximate surface area is 664 Å². The maximum Gasteiger partial charge on any atom is 0.238 e. The third-order valence-corrected chi connectivity index (χ3v) is 23.9. The van der Waals surface area contributed by atoms with Crippen molar-refractivity contribution >= 4 is 65.4 Å². The van der Waals surface area contributed by atoms with E-state index in [1.54, 1.807) is 0 Å². The number of aromatic nitrogens is 6. The van der Waals surface area contributed by atoms with Gasteiger partial charge in [-0.05, 0) is 313 Å². The number of nitrogens with zero attached hydrogens (tertiary/aromatic N) is 6. The first-order valence-electron chi connectivity index (χ1n) is 39.9. The zero-order valence-corrected chi connectivity index (χ0v) is 68.4. The lowest BCUT2D eigenvalue weighted by Gasteiger charge is -2.19. The molecule has 14 aromatic carbocycles. The SMILES string of the molecule is Cc1cc(C)c(-c2ccc3c(c2)c2cc(-c4c(C)cc(C)cc4C)ccc2n3-c2ccccc2-c2nc(-c3ccccc3-n3c4ccc(-c5c(C)cc(C)cc5C)cc4c4cc(-c5c(C)cc(C)cc5C)ccc43)nc(-n3c4ccc(-c5ccc(C(C)(C)C)cc5)cc4c4cc(-c5ccc(C(C)(C)C)cc5)ccc43)n2)c(C)c1. The molecule has 0 spiro atoms. The van der Waals surface area contributed by atoms with Gasteiger partial charge in [0.25, 0.3) is 0 Å².